The minimum Gasteiger partial charge on any atom is -0.461 e. The van der Waals surface area contributed by atoms with Crippen LogP contribution in [0.5, 0.6) is 0 Å². The number of esters is 1. The number of hydrogen-bond donors (Lipinski definition) is 0. The normalized spacial score (nSPS) is 21.6. The maximum absolute atomic E-state index is 12.7. The molecule has 0 radical (unpaired) electrons. The second-order valence-electron chi connectivity index (χ2n) is 6.26. The number of piperidine rings is 1. The molecule has 2 aliphatic rings. The summed E-state index contributed by atoms with van der Waals surface area (Å²) >= 11 is 5.49. The number of amides is 2. The molecule has 0 bridgehead atoms. The standard InChI is InChI=1S/C18H21ClN2O4/c19-8-11-25-18(24)13-4-6-14(7-5-13)21-16(22)12-15(17(21)23)20-9-2-1-3-10-20/h4-7,15H,1-3,8-12H2/t15-/m0/s1. The van der Waals surface area contributed by atoms with Crippen molar-refractivity contribution in [3.63, 3.8) is 0 Å². The van der Waals surface area contributed by atoms with E-state index in [-0.39, 0.29) is 36.8 Å². The molecule has 25 heavy (non-hydrogen) atoms. The third kappa shape index (κ3) is 3.85. The second kappa shape index (κ2) is 7.97. The third-order valence-electron chi connectivity index (χ3n) is 4.63. The summed E-state index contributed by atoms with van der Waals surface area (Å²) < 4.78 is 4.96. The maximum Gasteiger partial charge on any atom is 0.338 e. The zero-order chi connectivity index (χ0) is 17.8. The number of hydrogen-bond acceptors (Lipinski definition) is 5. The summed E-state index contributed by atoms with van der Waals surface area (Å²) in [6.45, 7) is 1.87. The number of ether oxygens (including phenoxy) is 1. The van der Waals surface area contributed by atoms with Crippen LogP contribution in [-0.4, -0.2) is 54.3 Å². The van der Waals surface area contributed by atoms with Crippen molar-refractivity contribution >= 4 is 35.1 Å². The lowest BCUT2D eigenvalue weighted by Gasteiger charge is -2.30. The summed E-state index contributed by atoms with van der Waals surface area (Å²) in [5.41, 5.74) is 0.851. The average Bonchev–Trinajstić information content (AvgIpc) is 2.95. The molecule has 2 fully saturated rings. The molecular weight excluding hydrogens is 344 g/mol. The lowest BCUT2D eigenvalue weighted by Crippen LogP contribution is -2.44. The van der Waals surface area contributed by atoms with Gasteiger partial charge >= 0.3 is 5.97 Å². The van der Waals surface area contributed by atoms with Crippen molar-refractivity contribution in [3.05, 3.63) is 29.8 Å². The van der Waals surface area contributed by atoms with Gasteiger partial charge in [-0.05, 0) is 50.2 Å². The van der Waals surface area contributed by atoms with Gasteiger partial charge in [-0.2, -0.15) is 0 Å². The Labute approximate surface area is 151 Å². The quantitative estimate of drug-likeness (QED) is 0.455. The van der Waals surface area contributed by atoms with Gasteiger partial charge in [0.05, 0.1) is 29.6 Å². The predicted octanol–water partition coefficient (Wildman–Crippen LogP) is 2.20. The number of imide groups is 1. The molecule has 0 aromatic heterocycles. The van der Waals surface area contributed by atoms with Gasteiger partial charge in [-0.15, -0.1) is 11.6 Å². The highest BCUT2D eigenvalue weighted by atomic mass is 35.5. The molecule has 0 unspecified atom stereocenters. The molecule has 6 nitrogen and oxygen atoms in total. The Kier molecular flexibility index (Phi) is 5.71. The Balaban J connectivity index is 1.71. The molecular formula is C18H21ClN2O4. The van der Waals surface area contributed by atoms with Crippen LogP contribution in [0.4, 0.5) is 5.69 Å². The minimum atomic E-state index is -0.475. The van der Waals surface area contributed by atoms with E-state index in [1.807, 2.05) is 0 Å². The first kappa shape index (κ1) is 17.9. The third-order valence-corrected chi connectivity index (χ3v) is 4.78. The van der Waals surface area contributed by atoms with Crippen LogP contribution < -0.4 is 4.90 Å². The van der Waals surface area contributed by atoms with Gasteiger partial charge < -0.3 is 4.74 Å². The van der Waals surface area contributed by atoms with Crippen LogP contribution in [0.15, 0.2) is 24.3 Å². The first-order chi connectivity index (χ1) is 12.1. The molecule has 2 heterocycles. The fourth-order valence-electron chi connectivity index (χ4n) is 3.36. The SMILES string of the molecule is O=C(OCCCl)c1ccc(N2C(=O)C[C@H](N3CCCCC3)C2=O)cc1. The van der Waals surface area contributed by atoms with E-state index in [1.54, 1.807) is 24.3 Å². The predicted molar refractivity (Wildman–Crippen MR) is 93.8 cm³/mol. The Bertz CT molecular complexity index is 656. The zero-order valence-electron chi connectivity index (χ0n) is 13.9. The van der Waals surface area contributed by atoms with Crippen molar-refractivity contribution in [2.45, 2.75) is 31.7 Å². The summed E-state index contributed by atoms with van der Waals surface area (Å²) in [4.78, 5) is 40.2. The van der Waals surface area contributed by atoms with Crippen LogP contribution in [0.2, 0.25) is 0 Å². The average molecular weight is 365 g/mol. The van der Waals surface area contributed by atoms with E-state index in [1.165, 1.54) is 11.3 Å². The molecule has 2 amide bonds. The van der Waals surface area contributed by atoms with E-state index < -0.39 is 5.97 Å². The number of carbonyl (C=O) groups excluding carboxylic acids is 3. The second-order valence-corrected chi connectivity index (χ2v) is 6.63. The van der Waals surface area contributed by atoms with Crippen LogP contribution in [0.3, 0.4) is 0 Å². The number of anilines is 1. The van der Waals surface area contributed by atoms with Crippen molar-refractivity contribution in [3.8, 4) is 0 Å². The van der Waals surface area contributed by atoms with Crippen molar-refractivity contribution in [2.75, 3.05) is 30.5 Å². The number of likely N-dealkylation sites (tertiary alicyclic amines) is 1. The fraction of sp³-hybridized carbons (Fsp3) is 0.500. The van der Waals surface area contributed by atoms with Crippen molar-refractivity contribution < 1.29 is 19.1 Å². The molecule has 0 N–H and O–H groups in total. The monoisotopic (exact) mass is 364 g/mol. The van der Waals surface area contributed by atoms with E-state index >= 15 is 0 Å². The molecule has 134 valence electrons. The van der Waals surface area contributed by atoms with Crippen molar-refractivity contribution in [1.29, 1.82) is 0 Å². The smallest absolute Gasteiger partial charge is 0.338 e. The lowest BCUT2D eigenvalue weighted by molar-refractivity contribution is -0.123. The van der Waals surface area contributed by atoms with Gasteiger partial charge in [-0.25, -0.2) is 9.69 Å². The topological polar surface area (TPSA) is 66.9 Å². The van der Waals surface area contributed by atoms with Crippen molar-refractivity contribution in [2.24, 2.45) is 0 Å². The Morgan fingerprint density at radius 2 is 1.80 bits per heavy atom. The minimum absolute atomic E-state index is 0.142. The molecule has 0 spiro atoms. The van der Waals surface area contributed by atoms with Gasteiger partial charge in [0.1, 0.15) is 6.61 Å². The molecule has 0 aliphatic carbocycles. The van der Waals surface area contributed by atoms with E-state index in [0.717, 1.165) is 25.9 Å². The van der Waals surface area contributed by atoms with Gasteiger partial charge in [0.2, 0.25) is 5.91 Å². The van der Waals surface area contributed by atoms with Crippen LogP contribution in [0.1, 0.15) is 36.0 Å². The fourth-order valence-corrected chi connectivity index (χ4v) is 3.44. The molecule has 7 heteroatoms. The Hall–Kier alpha value is -1.92. The first-order valence-electron chi connectivity index (χ1n) is 8.56. The maximum atomic E-state index is 12.7. The van der Waals surface area contributed by atoms with Gasteiger partial charge in [0.15, 0.2) is 0 Å². The van der Waals surface area contributed by atoms with Gasteiger partial charge in [0, 0.05) is 0 Å². The Morgan fingerprint density at radius 1 is 1.12 bits per heavy atom. The summed E-state index contributed by atoms with van der Waals surface area (Å²) in [6.07, 6.45) is 3.53. The molecule has 0 saturated carbocycles. The van der Waals surface area contributed by atoms with Crippen LogP contribution in [0, 0.1) is 0 Å². The summed E-state index contributed by atoms with van der Waals surface area (Å²) in [7, 11) is 0. The highest BCUT2D eigenvalue weighted by Gasteiger charge is 2.42. The number of alkyl halides is 1. The number of nitrogens with zero attached hydrogens (tertiary/aromatic N) is 2. The number of carbonyl (C=O) groups is 3. The lowest BCUT2D eigenvalue weighted by atomic mass is 10.1. The van der Waals surface area contributed by atoms with Crippen LogP contribution >= 0.6 is 11.6 Å². The summed E-state index contributed by atoms with van der Waals surface area (Å²) in [5.74, 6) is -0.613. The molecule has 1 aromatic carbocycles. The van der Waals surface area contributed by atoms with Gasteiger partial charge in [0.25, 0.3) is 5.91 Å². The molecule has 3 rings (SSSR count). The van der Waals surface area contributed by atoms with E-state index in [4.69, 9.17) is 16.3 Å². The van der Waals surface area contributed by atoms with Crippen molar-refractivity contribution in [1.82, 2.24) is 4.90 Å². The van der Waals surface area contributed by atoms with E-state index in [9.17, 15) is 14.4 Å². The van der Waals surface area contributed by atoms with Gasteiger partial charge in [-0.3, -0.25) is 14.5 Å². The number of halogens is 1. The molecule has 2 aliphatic heterocycles. The molecule has 1 aromatic rings. The van der Waals surface area contributed by atoms with Gasteiger partial charge in [-0.1, -0.05) is 6.42 Å². The number of benzene rings is 1. The van der Waals surface area contributed by atoms with Crippen LogP contribution in [-0.2, 0) is 14.3 Å². The summed E-state index contributed by atoms with van der Waals surface area (Å²) in [5, 5.41) is 0. The first-order valence-corrected chi connectivity index (χ1v) is 9.09. The molecule has 2 saturated heterocycles. The highest BCUT2D eigenvalue weighted by Crippen LogP contribution is 2.27. The Morgan fingerprint density at radius 3 is 2.44 bits per heavy atom. The highest BCUT2D eigenvalue weighted by molar-refractivity contribution is 6.22. The zero-order valence-corrected chi connectivity index (χ0v) is 14.7. The molecule has 1 atom stereocenters. The van der Waals surface area contributed by atoms with Crippen LogP contribution in [0.25, 0.3) is 0 Å². The van der Waals surface area contributed by atoms with E-state index in [0.29, 0.717) is 11.3 Å². The van der Waals surface area contributed by atoms with E-state index in [2.05, 4.69) is 4.90 Å². The largest absolute Gasteiger partial charge is 0.461 e. The summed E-state index contributed by atoms with van der Waals surface area (Å²) in [6, 6.07) is 5.96. The number of rotatable bonds is 5.